The number of benzene rings is 2. The van der Waals surface area contributed by atoms with E-state index in [0.29, 0.717) is 16.1 Å². The van der Waals surface area contributed by atoms with Gasteiger partial charge in [0.25, 0.3) is 11.6 Å². The Balaban J connectivity index is 1.47. The molecule has 2 aromatic carbocycles. The zero-order valence-corrected chi connectivity index (χ0v) is 15.4. The average molecular weight is 395 g/mol. The lowest BCUT2D eigenvalue weighted by atomic mass is 10.1. The number of nitro groups is 1. The van der Waals surface area contributed by atoms with Crippen molar-refractivity contribution in [1.82, 2.24) is 10.1 Å². The van der Waals surface area contributed by atoms with Crippen LogP contribution in [0.2, 0.25) is 0 Å². The Morgan fingerprint density at radius 2 is 2.07 bits per heavy atom. The number of thiophene rings is 1. The van der Waals surface area contributed by atoms with Gasteiger partial charge in [-0.3, -0.25) is 10.1 Å². The van der Waals surface area contributed by atoms with Crippen molar-refractivity contribution in [2.75, 3.05) is 0 Å². The van der Waals surface area contributed by atoms with Gasteiger partial charge in [0.05, 0.1) is 4.92 Å². The molecule has 0 amide bonds. The number of aromatic nitrogens is 2. The SMILES string of the molecule is Cc1ccccc1-c1noc(COC(=O)c2cc3cc([N+](=O)[O-])ccc3s2)n1. The van der Waals surface area contributed by atoms with E-state index in [1.165, 1.54) is 23.5 Å². The first-order valence-electron chi connectivity index (χ1n) is 8.25. The molecule has 0 unspecified atom stereocenters. The van der Waals surface area contributed by atoms with E-state index in [1.807, 2.05) is 31.2 Å². The fraction of sp³-hybridized carbons (Fsp3) is 0.105. The number of nitrogens with zero attached hydrogens (tertiary/aromatic N) is 3. The second-order valence-electron chi connectivity index (χ2n) is 5.99. The highest BCUT2D eigenvalue weighted by molar-refractivity contribution is 7.20. The zero-order chi connectivity index (χ0) is 19.7. The van der Waals surface area contributed by atoms with E-state index in [-0.39, 0.29) is 18.2 Å². The molecule has 4 rings (SSSR count). The Bertz CT molecular complexity index is 1200. The first-order valence-corrected chi connectivity index (χ1v) is 9.06. The van der Waals surface area contributed by atoms with Gasteiger partial charge in [0.1, 0.15) is 4.88 Å². The van der Waals surface area contributed by atoms with Crippen LogP contribution in [0.4, 0.5) is 5.69 Å². The number of hydrogen-bond donors (Lipinski definition) is 0. The third-order valence-electron chi connectivity index (χ3n) is 4.09. The summed E-state index contributed by atoms with van der Waals surface area (Å²) in [6.45, 7) is 1.78. The van der Waals surface area contributed by atoms with E-state index >= 15 is 0 Å². The molecule has 0 fully saturated rings. The number of ether oxygens (including phenoxy) is 1. The molecule has 4 aromatic rings. The minimum atomic E-state index is -0.556. The van der Waals surface area contributed by atoms with Crippen molar-refractivity contribution in [3.8, 4) is 11.4 Å². The molecule has 9 heteroatoms. The maximum absolute atomic E-state index is 12.3. The first kappa shape index (κ1) is 17.8. The molecule has 0 saturated heterocycles. The first-order chi connectivity index (χ1) is 13.5. The van der Waals surface area contributed by atoms with Crippen molar-refractivity contribution >= 4 is 33.1 Å². The highest BCUT2D eigenvalue weighted by atomic mass is 32.1. The van der Waals surface area contributed by atoms with Gasteiger partial charge in [-0.25, -0.2) is 4.79 Å². The summed E-state index contributed by atoms with van der Waals surface area (Å²) in [6.07, 6.45) is 0. The summed E-state index contributed by atoms with van der Waals surface area (Å²) >= 11 is 1.20. The monoisotopic (exact) mass is 395 g/mol. The van der Waals surface area contributed by atoms with Crippen LogP contribution in [0.5, 0.6) is 0 Å². The van der Waals surface area contributed by atoms with Crippen LogP contribution in [-0.2, 0) is 11.3 Å². The summed E-state index contributed by atoms with van der Waals surface area (Å²) in [7, 11) is 0. The number of hydrogen-bond acceptors (Lipinski definition) is 8. The summed E-state index contributed by atoms with van der Waals surface area (Å²) in [6, 6.07) is 13.6. The molecular weight excluding hydrogens is 382 g/mol. The zero-order valence-electron chi connectivity index (χ0n) is 14.6. The van der Waals surface area contributed by atoms with Gasteiger partial charge >= 0.3 is 5.97 Å². The molecule has 0 aliphatic rings. The van der Waals surface area contributed by atoms with Crippen molar-refractivity contribution in [2.24, 2.45) is 0 Å². The molecule has 2 heterocycles. The topological polar surface area (TPSA) is 108 Å². The molecular formula is C19H13N3O5S. The number of fused-ring (bicyclic) bond motifs is 1. The lowest BCUT2D eigenvalue weighted by Crippen LogP contribution is -2.03. The van der Waals surface area contributed by atoms with Crippen molar-refractivity contribution < 1.29 is 19.0 Å². The van der Waals surface area contributed by atoms with Crippen LogP contribution in [0.25, 0.3) is 21.5 Å². The van der Waals surface area contributed by atoms with E-state index in [2.05, 4.69) is 10.1 Å². The van der Waals surface area contributed by atoms with E-state index in [9.17, 15) is 14.9 Å². The number of nitro benzene ring substituents is 1. The normalized spacial score (nSPS) is 10.9. The molecule has 140 valence electrons. The minimum Gasteiger partial charge on any atom is -0.451 e. The molecule has 8 nitrogen and oxygen atoms in total. The van der Waals surface area contributed by atoms with Crippen LogP contribution in [0.1, 0.15) is 21.1 Å². The second-order valence-corrected chi connectivity index (χ2v) is 7.08. The van der Waals surface area contributed by atoms with E-state index in [4.69, 9.17) is 9.26 Å². The van der Waals surface area contributed by atoms with Crippen LogP contribution >= 0.6 is 11.3 Å². The van der Waals surface area contributed by atoms with Crippen LogP contribution in [0.3, 0.4) is 0 Å². The second kappa shape index (κ2) is 7.20. The number of carbonyl (C=O) groups is 1. The van der Waals surface area contributed by atoms with Gasteiger partial charge < -0.3 is 9.26 Å². The van der Waals surface area contributed by atoms with Crippen molar-refractivity contribution in [3.05, 3.63) is 75.0 Å². The molecule has 0 aliphatic heterocycles. The van der Waals surface area contributed by atoms with Gasteiger partial charge in [-0.15, -0.1) is 11.3 Å². The number of aryl methyl sites for hydroxylation is 1. The standard InChI is InChI=1S/C19H13N3O5S/c1-11-4-2-3-5-14(11)18-20-17(27-21-18)10-26-19(23)16-9-12-8-13(22(24)25)6-7-15(12)28-16/h2-9H,10H2,1H3. The van der Waals surface area contributed by atoms with Gasteiger partial charge in [-0.1, -0.05) is 29.4 Å². The van der Waals surface area contributed by atoms with Crippen LogP contribution in [0.15, 0.2) is 53.1 Å². The molecule has 28 heavy (non-hydrogen) atoms. The van der Waals surface area contributed by atoms with E-state index in [1.54, 1.807) is 12.1 Å². The molecule has 0 aliphatic carbocycles. The van der Waals surface area contributed by atoms with Crippen LogP contribution in [0, 0.1) is 17.0 Å². The molecule has 0 N–H and O–H groups in total. The van der Waals surface area contributed by atoms with Crippen LogP contribution < -0.4 is 0 Å². The third-order valence-corrected chi connectivity index (χ3v) is 5.19. The summed E-state index contributed by atoms with van der Waals surface area (Å²) < 4.78 is 11.2. The summed E-state index contributed by atoms with van der Waals surface area (Å²) in [4.78, 5) is 27.3. The summed E-state index contributed by atoms with van der Waals surface area (Å²) in [5.74, 6) is 0.0566. The smallest absolute Gasteiger partial charge is 0.348 e. The number of rotatable bonds is 5. The summed E-state index contributed by atoms with van der Waals surface area (Å²) in [5.41, 5.74) is 1.82. The Morgan fingerprint density at radius 3 is 2.86 bits per heavy atom. The van der Waals surface area contributed by atoms with Gasteiger partial charge in [-0.2, -0.15) is 4.98 Å². The fourth-order valence-corrected chi connectivity index (χ4v) is 3.63. The van der Waals surface area contributed by atoms with Gasteiger partial charge in [0.2, 0.25) is 5.82 Å². The third kappa shape index (κ3) is 3.47. The predicted octanol–water partition coefficient (Wildman–Crippen LogP) is 4.52. The number of carbonyl (C=O) groups excluding carboxylic acids is 1. The minimum absolute atomic E-state index is 0.0280. The van der Waals surface area contributed by atoms with E-state index < -0.39 is 10.9 Å². The maximum atomic E-state index is 12.3. The molecule has 0 atom stereocenters. The molecule has 0 radical (unpaired) electrons. The molecule has 2 aromatic heterocycles. The maximum Gasteiger partial charge on any atom is 0.348 e. The lowest BCUT2D eigenvalue weighted by molar-refractivity contribution is -0.384. The van der Waals surface area contributed by atoms with Crippen molar-refractivity contribution in [3.63, 3.8) is 0 Å². The highest BCUT2D eigenvalue weighted by Crippen LogP contribution is 2.29. The quantitative estimate of drug-likeness (QED) is 0.277. The fourth-order valence-electron chi connectivity index (χ4n) is 2.69. The van der Waals surface area contributed by atoms with Crippen molar-refractivity contribution in [1.29, 1.82) is 0 Å². The van der Waals surface area contributed by atoms with Gasteiger partial charge in [0.15, 0.2) is 6.61 Å². The van der Waals surface area contributed by atoms with Crippen LogP contribution in [-0.4, -0.2) is 21.0 Å². The Kier molecular flexibility index (Phi) is 4.58. The Morgan fingerprint density at radius 1 is 1.25 bits per heavy atom. The molecule has 0 bridgehead atoms. The average Bonchev–Trinajstić information content (AvgIpc) is 3.32. The molecule has 0 saturated carbocycles. The van der Waals surface area contributed by atoms with Crippen molar-refractivity contribution in [2.45, 2.75) is 13.5 Å². The Hall–Kier alpha value is -3.59. The number of esters is 1. The largest absolute Gasteiger partial charge is 0.451 e. The predicted molar refractivity (Wildman–Crippen MR) is 102 cm³/mol. The van der Waals surface area contributed by atoms with E-state index in [0.717, 1.165) is 15.8 Å². The lowest BCUT2D eigenvalue weighted by Gasteiger charge is -1.99. The Labute approximate surface area is 162 Å². The van der Waals surface area contributed by atoms with Gasteiger partial charge in [-0.05, 0) is 24.6 Å². The molecule has 0 spiro atoms. The number of non-ortho nitro benzene ring substituents is 1. The highest BCUT2D eigenvalue weighted by Gasteiger charge is 2.17. The van der Waals surface area contributed by atoms with Gasteiger partial charge in [0, 0.05) is 27.8 Å². The summed E-state index contributed by atoms with van der Waals surface area (Å²) in [5, 5.41) is 15.4.